The van der Waals surface area contributed by atoms with E-state index in [9.17, 15) is 5.11 Å². The van der Waals surface area contributed by atoms with Crippen LogP contribution in [0.5, 0.6) is 5.75 Å². The Balaban J connectivity index is 2.79. The van der Waals surface area contributed by atoms with E-state index < -0.39 is 12.2 Å². The summed E-state index contributed by atoms with van der Waals surface area (Å²) in [7, 11) is 1.58. The summed E-state index contributed by atoms with van der Waals surface area (Å²) in [6.45, 7) is 1.55. The lowest BCUT2D eigenvalue weighted by Crippen LogP contribution is -2.13. The molecule has 0 amide bonds. The average Bonchev–Trinajstić information content (AvgIpc) is 2.17. The van der Waals surface area contributed by atoms with Gasteiger partial charge < -0.3 is 14.9 Å². The zero-order valence-electron chi connectivity index (χ0n) is 7.77. The molecule has 0 unspecified atom stereocenters. The fourth-order valence-electron chi connectivity index (χ4n) is 1.08. The van der Waals surface area contributed by atoms with Crippen molar-refractivity contribution in [3.63, 3.8) is 0 Å². The van der Waals surface area contributed by atoms with Crippen LogP contribution in [0.4, 0.5) is 0 Å². The van der Waals surface area contributed by atoms with Crippen molar-refractivity contribution >= 4 is 0 Å². The average molecular weight is 182 g/mol. The lowest BCUT2D eigenvalue weighted by atomic mass is 10.1. The fourth-order valence-corrected chi connectivity index (χ4v) is 1.08. The summed E-state index contributed by atoms with van der Waals surface area (Å²) in [5.41, 5.74) is 0.691. The molecule has 0 spiro atoms. The highest BCUT2D eigenvalue weighted by atomic mass is 16.5. The van der Waals surface area contributed by atoms with Crippen LogP contribution in [0.25, 0.3) is 0 Å². The molecule has 13 heavy (non-hydrogen) atoms. The first kappa shape index (κ1) is 10.0. The van der Waals surface area contributed by atoms with Gasteiger partial charge in [0.15, 0.2) is 0 Å². The maximum absolute atomic E-state index is 9.47. The minimum Gasteiger partial charge on any atom is -0.497 e. The highest BCUT2D eigenvalue weighted by Crippen LogP contribution is 2.19. The lowest BCUT2D eigenvalue weighted by Gasteiger charge is -2.13. The number of aliphatic hydroxyl groups is 2. The van der Waals surface area contributed by atoms with E-state index in [1.165, 1.54) is 0 Å². The summed E-state index contributed by atoms with van der Waals surface area (Å²) >= 11 is 0. The van der Waals surface area contributed by atoms with Crippen molar-refractivity contribution in [2.45, 2.75) is 19.1 Å². The van der Waals surface area contributed by atoms with Crippen LogP contribution in [0.2, 0.25) is 0 Å². The van der Waals surface area contributed by atoms with E-state index in [0.29, 0.717) is 5.56 Å². The van der Waals surface area contributed by atoms with Crippen LogP contribution in [0.15, 0.2) is 24.3 Å². The number of benzene rings is 1. The summed E-state index contributed by atoms with van der Waals surface area (Å²) in [6, 6.07) is 6.97. The Hall–Kier alpha value is -1.06. The van der Waals surface area contributed by atoms with Gasteiger partial charge in [-0.25, -0.2) is 0 Å². The van der Waals surface area contributed by atoms with Gasteiger partial charge in [-0.2, -0.15) is 0 Å². The highest BCUT2D eigenvalue weighted by molar-refractivity contribution is 5.28. The van der Waals surface area contributed by atoms with Crippen LogP contribution in [-0.2, 0) is 0 Å². The van der Waals surface area contributed by atoms with E-state index in [1.807, 2.05) is 0 Å². The number of ether oxygens (including phenoxy) is 1. The molecular formula is C10H14O3. The molecule has 0 aliphatic rings. The Bertz CT molecular complexity index is 253. The monoisotopic (exact) mass is 182 g/mol. The number of hydrogen-bond donors (Lipinski definition) is 2. The number of methoxy groups -OCH3 is 1. The SMILES string of the molecule is COc1ccc([C@H](O)[C@H](C)O)cc1. The van der Waals surface area contributed by atoms with Gasteiger partial charge in [-0.1, -0.05) is 12.1 Å². The molecule has 0 aromatic heterocycles. The number of aliphatic hydroxyl groups excluding tert-OH is 2. The van der Waals surface area contributed by atoms with E-state index >= 15 is 0 Å². The fraction of sp³-hybridized carbons (Fsp3) is 0.400. The topological polar surface area (TPSA) is 49.7 Å². The normalized spacial score (nSPS) is 15.1. The molecule has 2 atom stereocenters. The van der Waals surface area contributed by atoms with Crippen LogP contribution in [0, 0.1) is 0 Å². The molecule has 3 nitrogen and oxygen atoms in total. The lowest BCUT2D eigenvalue weighted by molar-refractivity contribution is 0.0305. The van der Waals surface area contributed by atoms with E-state index in [0.717, 1.165) is 5.75 Å². The smallest absolute Gasteiger partial charge is 0.118 e. The third kappa shape index (κ3) is 2.44. The minimum absolute atomic E-state index is 0.691. The minimum atomic E-state index is -0.828. The van der Waals surface area contributed by atoms with Gasteiger partial charge in [0.25, 0.3) is 0 Å². The van der Waals surface area contributed by atoms with Crippen molar-refractivity contribution in [2.24, 2.45) is 0 Å². The van der Waals surface area contributed by atoms with Gasteiger partial charge in [-0.05, 0) is 24.6 Å². The van der Waals surface area contributed by atoms with Gasteiger partial charge in [0, 0.05) is 0 Å². The second-order valence-corrected chi connectivity index (χ2v) is 2.96. The second-order valence-electron chi connectivity index (χ2n) is 2.96. The van der Waals surface area contributed by atoms with Crippen LogP contribution in [-0.4, -0.2) is 23.4 Å². The highest BCUT2D eigenvalue weighted by Gasteiger charge is 2.12. The first-order valence-corrected chi connectivity index (χ1v) is 4.15. The summed E-state index contributed by atoms with van der Waals surface area (Å²) in [6.07, 6.45) is -1.58. The van der Waals surface area contributed by atoms with Gasteiger partial charge in [0.1, 0.15) is 11.9 Å². The summed E-state index contributed by atoms with van der Waals surface area (Å²) in [5, 5.41) is 18.6. The first-order chi connectivity index (χ1) is 6.15. The molecular weight excluding hydrogens is 168 g/mol. The Morgan fingerprint density at radius 1 is 1.15 bits per heavy atom. The van der Waals surface area contributed by atoms with Crippen LogP contribution in [0.3, 0.4) is 0 Å². The van der Waals surface area contributed by atoms with E-state index in [-0.39, 0.29) is 0 Å². The zero-order valence-corrected chi connectivity index (χ0v) is 7.77. The zero-order chi connectivity index (χ0) is 9.84. The molecule has 0 bridgehead atoms. The predicted molar refractivity (Wildman–Crippen MR) is 49.6 cm³/mol. The molecule has 0 aliphatic heterocycles. The summed E-state index contributed by atoms with van der Waals surface area (Å²) in [4.78, 5) is 0. The molecule has 0 saturated heterocycles. The van der Waals surface area contributed by atoms with E-state index in [2.05, 4.69) is 0 Å². The molecule has 2 N–H and O–H groups in total. The molecule has 0 heterocycles. The van der Waals surface area contributed by atoms with Crippen molar-refractivity contribution in [1.29, 1.82) is 0 Å². The van der Waals surface area contributed by atoms with Crippen LogP contribution < -0.4 is 4.74 Å². The largest absolute Gasteiger partial charge is 0.497 e. The van der Waals surface area contributed by atoms with E-state index in [4.69, 9.17) is 9.84 Å². The molecule has 0 fully saturated rings. The van der Waals surface area contributed by atoms with E-state index in [1.54, 1.807) is 38.3 Å². The Morgan fingerprint density at radius 3 is 2.08 bits per heavy atom. The van der Waals surface area contributed by atoms with Gasteiger partial charge >= 0.3 is 0 Å². The molecule has 1 aromatic rings. The Kier molecular flexibility index (Phi) is 3.28. The van der Waals surface area contributed by atoms with Crippen molar-refractivity contribution in [3.8, 4) is 5.75 Å². The standard InChI is InChI=1S/C10H14O3/c1-7(11)10(12)8-3-5-9(13-2)6-4-8/h3-7,10-12H,1-2H3/t7-,10+/m0/s1. The molecule has 0 radical (unpaired) electrons. The Labute approximate surface area is 77.6 Å². The summed E-state index contributed by atoms with van der Waals surface area (Å²) in [5.74, 6) is 0.738. The quantitative estimate of drug-likeness (QED) is 0.736. The third-order valence-electron chi connectivity index (χ3n) is 1.91. The van der Waals surface area contributed by atoms with Crippen LogP contribution in [0.1, 0.15) is 18.6 Å². The first-order valence-electron chi connectivity index (χ1n) is 4.15. The second kappa shape index (κ2) is 4.25. The molecule has 3 heteroatoms. The number of rotatable bonds is 3. The van der Waals surface area contributed by atoms with Gasteiger partial charge in [-0.15, -0.1) is 0 Å². The molecule has 1 aromatic carbocycles. The van der Waals surface area contributed by atoms with Crippen molar-refractivity contribution in [1.82, 2.24) is 0 Å². The van der Waals surface area contributed by atoms with Crippen molar-refractivity contribution in [3.05, 3.63) is 29.8 Å². The molecule has 1 rings (SSSR count). The van der Waals surface area contributed by atoms with Crippen molar-refractivity contribution < 1.29 is 14.9 Å². The third-order valence-corrected chi connectivity index (χ3v) is 1.91. The maximum atomic E-state index is 9.47. The number of hydrogen-bond acceptors (Lipinski definition) is 3. The molecule has 72 valence electrons. The van der Waals surface area contributed by atoms with Gasteiger partial charge in [0.05, 0.1) is 13.2 Å². The molecule has 0 saturated carbocycles. The maximum Gasteiger partial charge on any atom is 0.118 e. The Morgan fingerprint density at radius 2 is 1.69 bits per heavy atom. The molecule has 0 aliphatic carbocycles. The van der Waals surface area contributed by atoms with Gasteiger partial charge in [0.2, 0.25) is 0 Å². The predicted octanol–water partition coefficient (Wildman–Crippen LogP) is 1.11. The van der Waals surface area contributed by atoms with Crippen molar-refractivity contribution in [2.75, 3.05) is 7.11 Å². The summed E-state index contributed by atoms with van der Waals surface area (Å²) < 4.78 is 4.97. The van der Waals surface area contributed by atoms with Crippen LogP contribution >= 0.6 is 0 Å². The van der Waals surface area contributed by atoms with Gasteiger partial charge in [-0.3, -0.25) is 0 Å².